The first-order chi connectivity index (χ1) is 11.7. The number of rotatable bonds is 5. The molecule has 0 bridgehead atoms. The van der Waals surface area contributed by atoms with Gasteiger partial charge in [-0.25, -0.2) is 4.98 Å². The first-order valence-corrected chi connectivity index (χ1v) is 8.83. The molecule has 6 heteroatoms. The number of halogens is 2. The standard InChI is InChI=1S/C18H19Cl2N3O/c19-15-7-3-5-13(16(15)20)8-10-22-18(24)14-6-4-9-21-17(14)23-11-1-2-12-23/h3-7,9H,1-2,8,10-12H2,(H,22,24). The number of carbonyl (C=O) groups excluding carboxylic acids is 1. The zero-order chi connectivity index (χ0) is 16.9. The summed E-state index contributed by atoms with van der Waals surface area (Å²) in [6.07, 6.45) is 4.65. The van der Waals surface area contributed by atoms with E-state index in [4.69, 9.17) is 23.2 Å². The van der Waals surface area contributed by atoms with Crippen LogP contribution in [0.5, 0.6) is 0 Å². The van der Waals surface area contributed by atoms with E-state index in [2.05, 4.69) is 15.2 Å². The SMILES string of the molecule is O=C(NCCc1cccc(Cl)c1Cl)c1cccnc1N1CCCC1. The Balaban J connectivity index is 1.64. The van der Waals surface area contributed by atoms with Gasteiger partial charge in [0.2, 0.25) is 0 Å². The Morgan fingerprint density at radius 3 is 2.75 bits per heavy atom. The lowest BCUT2D eigenvalue weighted by atomic mass is 10.1. The molecule has 0 saturated carbocycles. The van der Waals surface area contributed by atoms with Crippen LogP contribution in [-0.2, 0) is 6.42 Å². The van der Waals surface area contributed by atoms with E-state index in [0.717, 1.165) is 37.3 Å². The van der Waals surface area contributed by atoms with Crippen LogP contribution in [0.2, 0.25) is 10.0 Å². The molecule has 1 N–H and O–H groups in total. The second-order valence-electron chi connectivity index (χ2n) is 5.79. The van der Waals surface area contributed by atoms with Crippen LogP contribution >= 0.6 is 23.2 Å². The maximum Gasteiger partial charge on any atom is 0.255 e. The number of aromatic nitrogens is 1. The average Bonchev–Trinajstić information content (AvgIpc) is 3.13. The number of anilines is 1. The summed E-state index contributed by atoms with van der Waals surface area (Å²) in [6.45, 7) is 2.40. The van der Waals surface area contributed by atoms with E-state index in [1.807, 2.05) is 18.2 Å². The Morgan fingerprint density at radius 2 is 1.96 bits per heavy atom. The van der Waals surface area contributed by atoms with Gasteiger partial charge < -0.3 is 10.2 Å². The normalized spacial score (nSPS) is 14.0. The Labute approximate surface area is 151 Å². The van der Waals surface area contributed by atoms with Crippen LogP contribution in [-0.4, -0.2) is 30.5 Å². The summed E-state index contributed by atoms with van der Waals surface area (Å²) in [5.74, 6) is 0.663. The Morgan fingerprint density at radius 1 is 1.17 bits per heavy atom. The van der Waals surface area contributed by atoms with Gasteiger partial charge in [0.15, 0.2) is 0 Å². The quantitative estimate of drug-likeness (QED) is 0.874. The number of hydrogen-bond donors (Lipinski definition) is 1. The third-order valence-corrected chi connectivity index (χ3v) is 5.01. The molecule has 1 fully saturated rings. The van der Waals surface area contributed by atoms with Gasteiger partial charge in [0.25, 0.3) is 5.91 Å². The first-order valence-electron chi connectivity index (χ1n) is 8.08. The Kier molecular flexibility index (Phi) is 5.59. The molecule has 2 heterocycles. The van der Waals surface area contributed by atoms with Crippen LogP contribution in [0.15, 0.2) is 36.5 Å². The van der Waals surface area contributed by atoms with Crippen LogP contribution < -0.4 is 10.2 Å². The number of nitrogens with zero attached hydrogens (tertiary/aromatic N) is 2. The molecule has 0 unspecified atom stereocenters. The van der Waals surface area contributed by atoms with E-state index in [1.165, 1.54) is 0 Å². The molecule has 0 atom stereocenters. The fourth-order valence-electron chi connectivity index (χ4n) is 2.90. The van der Waals surface area contributed by atoms with Gasteiger partial charge in [-0.05, 0) is 43.0 Å². The third kappa shape index (κ3) is 3.82. The molecule has 0 aliphatic carbocycles. The van der Waals surface area contributed by atoms with Gasteiger partial charge in [0.05, 0.1) is 15.6 Å². The summed E-state index contributed by atoms with van der Waals surface area (Å²) >= 11 is 12.2. The molecule has 126 valence electrons. The van der Waals surface area contributed by atoms with Crippen molar-refractivity contribution < 1.29 is 4.79 Å². The van der Waals surface area contributed by atoms with Crippen molar-refractivity contribution in [3.8, 4) is 0 Å². The van der Waals surface area contributed by atoms with Crippen LogP contribution in [0, 0.1) is 0 Å². The number of amides is 1. The van der Waals surface area contributed by atoms with Gasteiger partial charge >= 0.3 is 0 Å². The lowest BCUT2D eigenvalue weighted by molar-refractivity contribution is 0.0954. The number of hydrogen-bond acceptors (Lipinski definition) is 3. The minimum absolute atomic E-state index is 0.108. The highest BCUT2D eigenvalue weighted by atomic mass is 35.5. The van der Waals surface area contributed by atoms with E-state index in [1.54, 1.807) is 18.3 Å². The Hall–Kier alpha value is -1.78. The van der Waals surface area contributed by atoms with Crippen molar-refractivity contribution in [1.82, 2.24) is 10.3 Å². The maximum atomic E-state index is 12.5. The van der Waals surface area contributed by atoms with E-state index in [-0.39, 0.29) is 5.91 Å². The highest BCUT2D eigenvalue weighted by Crippen LogP contribution is 2.26. The summed E-state index contributed by atoms with van der Waals surface area (Å²) in [6, 6.07) is 9.15. The smallest absolute Gasteiger partial charge is 0.255 e. The highest BCUT2D eigenvalue weighted by Gasteiger charge is 2.20. The zero-order valence-electron chi connectivity index (χ0n) is 13.3. The van der Waals surface area contributed by atoms with Crippen molar-refractivity contribution in [3.05, 3.63) is 57.7 Å². The average molecular weight is 364 g/mol. The van der Waals surface area contributed by atoms with Gasteiger partial charge in [-0.15, -0.1) is 0 Å². The van der Waals surface area contributed by atoms with Gasteiger partial charge in [-0.3, -0.25) is 4.79 Å². The molecule has 2 aromatic rings. The summed E-state index contributed by atoms with van der Waals surface area (Å²) in [5, 5.41) is 4.03. The van der Waals surface area contributed by atoms with Crippen molar-refractivity contribution in [3.63, 3.8) is 0 Å². The van der Waals surface area contributed by atoms with Gasteiger partial charge in [0.1, 0.15) is 5.82 Å². The molecular formula is C18H19Cl2N3O. The minimum atomic E-state index is -0.108. The lowest BCUT2D eigenvalue weighted by Gasteiger charge is -2.19. The summed E-state index contributed by atoms with van der Waals surface area (Å²) in [5.41, 5.74) is 1.55. The number of pyridine rings is 1. The molecule has 1 aliphatic heterocycles. The summed E-state index contributed by atoms with van der Waals surface area (Å²) in [7, 11) is 0. The molecule has 1 aromatic heterocycles. The van der Waals surface area contributed by atoms with E-state index in [9.17, 15) is 4.79 Å². The molecule has 1 aliphatic rings. The van der Waals surface area contributed by atoms with Gasteiger partial charge in [0, 0.05) is 25.8 Å². The Bertz CT molecular complexity index is 730. The number of carbonyl (C=O) groups is 1. The number of nitrogens with one attached hydrogen (secondary N) is 1. The molecule has 1 saturated heterocycles. The summed E-state index contributed by atoms with van der Waals surface area (Å²) < 4.78 is 0. The largest absolute Gasteiger partial charge is 0.356 e. The molecule has 24 heavy (non-hydrogen) atoms. The molecule has 1 aromatic carbocycles. The second kappa shape index (κ2) is 7.86. The molecule has 3 rings (SSSR count). The van der Waals surface area contributed by atoms with Gasteiger partial charge in [-0.1, -0.05) is 35.3 Å². The predicted octanol–water partition coefficient (Wildman–Crippen LogP) is 3.96. The highest BCUT2D eigenvalue weighted by molar-refractivity contribution is 6.42. The monoisotopic (exact) mass is 363 g/mol. The topological polar surface area (TPSA) is 45.2 Å². The lowest BCUT2D eigenvalue weighted by Crippen LogP contribution is -2.29. The second-order valence-corrected chi connectivity index (χ2v) is 6.57. The van der Waals surface area contributed by atoms with Crippen molar-refractivity contribution in [1.29, 1.82) is 0 Å². The van der Waals surface area contributed by atoms with Crippen molar-refractivity contribution in [2.24, 2.45) is 0 Å². The predicted molar refractivity (Wildman–Crippen MR) is 98.2 cm³/mol. The first kappa shape index (κ1) is 17.1. The van der Waals surface area contributed by atoms with Crippen molar-refractivity contribution in [2.75, 3.05) is 24.5 Å². The molecular weight excluding hydrogens is 345 g/mol. The van der Waals surface area contributed by atoms with E-state index < -0.39 is 0 Å². The fraction of sp³-hybridized carbons (Fsp3) is 0.333. The third-order valence-electron chi connectivity index (χ3n) is 4.15. The fourth-order valence-corrected chi connectivity index (χ4v) is 3.32. The van der Waals surface area contributed by atoms with Crippen LogP contribution in [0.25, 0.3) is 0 Å². The molecule has 0 spiro atoms. The van der Waals surface area contributed by atoms with Crippen LogP contribution in [0.4, 0.5) is 5.82 Å². The van der Waals surface area contributed by atoms with E-state index >= 15 is 0 Å². The van der Waals surface area contributed by atoms with Crippen LogP contribution in [0.1, 0.15) is 28.8 Å². The minimum Gasteiger partial charge on any atom is -0.356 e. The van der Waals surface area contributed by atoms with Gasteiger partial charge in [-0.2, -0.15) is 0 Å². The molecule has 0 radical (unpaired) electrons. The van der Waals surface area contributed by atoms with Crippen molar-refractivity contribution >= 4 is 34.9 Å². The van der Waals surface area contributed by atoms with Crippen LogP contribution in [0.3, 0.4) is 0 Å². The molecule has 4 nitrogen and oxygen atoms in total. The molecule has 1 amide bonds. The maximum absolute atomic E-state index is 12.5. The van der Waals surface area contributed by atoms with Crippen molar-refractivity contribution in [2.45, 2.75) is 19.3 Å². The van der Waals surface area contributed by atoms with E-state index in [0.29, 0.717) is 28.6 Å². The zero-order valence-corrected chi connectivity index (χ0v) is 14.8. The number of benzene rings is 1. The summed E-state index contributed by atoms with van der Waals surface area (Å²) in [4.78, 5) is 19.1.